The second-order valence-corrected chi connectivity index (χ2v) is 7.61. The topological polar surface area (TPSA) is 146 Å². The molecule has 11 nitrogen and oxygen atoms in total. The van der Waals surface area contributed by atoms with Crippen molar-refractivity contribution in [1.82, 2.24) is 10.6 Å². The Morgan fingerprint density at radius 2 is 1.79 bits per heavy atom. The molecule has 0 radical (unpaired) electrons. The highest BCUT2D eigenvalue weighted by Crippen LogP contribution is 2.36. The summed E-state index contributed by atoms with van der Waals surface area (Å²) in [5.74, 6) is -1.39. The number of hydrogen-bond donors (Lipinski definition) is 2. The summed E-state index contributed by atoms with van der Waals surface area (Å²) in [4.78, 5) is 47.7. The molecule has 1 aliphatic heterocycles. The number of rotatable bonds is 7. The minimum absolute atomic E-state index is 0.0107. The van der Waals surface area contributed by atoms with Crippen molar-refractivity contribution in [3.8, 4) is 11.5 Å². The normalized spacial score (nSPS) is 15.3. The lowest BCUT2D eigenvalue weighted by Gasteiger charge is -2.31. The molecule has 34 heavy (non-hydrogen) atoms. The van der Waals surface area contributed by atoms with Gasteiger partial charge in [0.2, 0.25) is 0 Å². The van der Waals surface area contributed by atoms with Crippen LogP contribution in [0.3, 0.4) is 0 Å². The average Bonchev–Trinajstić information content (AvgIpc) is 2.83. The van der Waals surface area contributed by atoms with Gasteiger partial charge < -0.3 is 24.8 Å². The van der Waals surface area contributed by atoms with Gasteiger partial charge in [0.25, 0.3) is 5.69 Å². The van der Waals surface area contributed by atoms with Gasteiger partial charge in [-0.2, -0.15) is 0 Å². The number of nitro groups is 1. The van der Waals surface area contributed by atoms with E-state index in [9.17, 15) is 24.5 Å². The van der Waals surface area contributed by atoms with Gasteiger partial charge in [-0.3, -0.25) is 10.1 Å². The number of non-ortho nitro benzene ring substituents is 1. The zero-order valence-corrected chi connectivity index (χ0v) is 18.9. The molecule has 1 heterocycles. The summed E-state index contributed by atoms with van der Waals surface area (Å²) < 4.78 is 15.7. The molecule has 178 valence electrons. The van der Waals surface area contributed by atoms with Gasteiger partial charge in [-0.25, -0.2) is 14.4 Å². The molecule has 2 aromatic carbocycles. The standard InChI is InChI=1S/C23H23N3O8/c1-12(2)19-18(22(28)33-4)20(25-23(29)24-19)13-8-9-16(17(11-13)32-3)34-21(27)14-6-5-7-15(10-14)26(30)31/h5-12,20H,1-4H3,(H2,24,25,29). The van der Waals surface area contributed by atoms with Crippen molar-refractivity contribution < 1.29 is 33.5 Å². The Morgan fingerprint density at radius 1 is 1.06 bits per heavy atom. The predicted molar refractivity (Wildman–Crippen MR) is 119 cm³/mol. The Morgan fingerprint density at radius 3 is 2.41 bits per heavy atom. The molecule has 0 fully saturated rings. The highest BCUT2D eigenvalue weighted by Gasteiger charge is 2.35. The van der Waals surface area contributed by atoms with E-state index in [-0.39, 0.29) is 34.2 Å². The fraction of sp³-hybridized carbons (Fsp3) is 0.261. The smallest absolute Gasteiger partial charge is 0.343 e. The largest absolute Gasteiger partial charge is 0.493 e. The molecule has 0 bridgehead atoms. The highest BCUT2D eigenvalue weighted by molar-refractivity contribution is 5.95. The first-order valence-corrected chi connectivity index (χ1v) is 10.2. The molecular weight excluding hydrogens is 446 g/mol. The number of ether oxygens (including phenoxy) is 3. The monoisotopic (exact) mass is 469 g/mol. The molecule has 2 aromatic rings. The third kappa shape index (κ3) is 4.98. The van der Waals surface area contributed by atoms with Crippen molar-refractivity contribution in [2.24, 2.45) is 5.92 Å². The van der Waals surface area contributed by atoms with E-state index in [1.807, 2.05) is 13.8 Å². The Bertz CT molecular complexity index is 1190. The van der Waals surface area contributed by atoms with Gasteiger partial charge in [0.05, 0.1) is 36.3 Å². The van der Waals surface area contributed by atoms with E-state index in [0.717, 1.165) is 6.07 Å². The maximum atomic E-state index is 12.6. The highest BCUT2D eigenvalue weighted by atomic mass is 16.6. The van der Waals surface area contributed by atoms with E-state index in [4.69, 9.17) is 14.2 Å². The van der Waals surface area contributed by atoms with Gasteiger partial charge in [0.1, 0.15) is 0 Å². The van der Waals surface area contributed by atoms with Crippen LogP contribution in [0.2, 0.25) is 0 Å². The van der Waals surface area contributed by atoms with Gasteiger partial charge in [-0.05, 0) is 29.7 Å². The maximum absolute atomic E-state index is 12.6. The lowest BCUT2D eigenvalue weighted by atomic mass is 9.91. The number of nitrogens with one attached hydrogen (secondary N) is 2. The quantitative estimate of drug-likeness (QED) is 0.272. The number of nitro benzene ring substituents is 1. The van der Waals surface area contributed by atoms with Crippen molar-refractivity contribution in [3.05, 3.63) is 75.0 Å². The van der Waals surface area contributed by atoms with E-state index in [0.29, 0.717) is 11.3 Å². The summed E-state index contributed by atoms with van der Waals surface area (Å²) >= 11 is 0. The minimum Gasteiger partial charge on any atom is -0.493 e. The summed E-state index contributed by atoms with van der Waals surface area (Å²) in [5.41, 5.74) is 0.895. The van der Waals surface area contributed by atoms with E-state index in [2.05, 4.69) is 10.6 Å². The number of carbonyl (C=O) groups excluding carboxylic acids is 3. The van der Waals surface area contributed by atoms with Crippen LogP contribution >= 0.6 is 0 Å². The third-order valence-corrected chi connectivity index (χ3v) is 5.10. The van der Waals surface area contributed by atoms with Crippen molar-refractivity contribution in [3.63, 3.8) is 0 Å². The van der Waals surface area contributed by atoms with Crippen LogP contribution < -0.4 is 20.1 Å². The van der Waals surface area contributed by atoms with Crippen LogP contribution in [0.25, 0.3) is 0 Å². The Kier molecular flexibility index (Phi) is 7.15. The summed E-state index contributed by atoms with van der Waals surface area (Å²) in [6.45, 7) is 3.66. The molecule has 1 aliphatic rings. The first-order valence-electron chi connectivity index (χ1n) is 10.2. The number of methoxy groups -OCH3 is 2. The van der Waals surface area contributed by atoms with Crippen molar-refractivity contribution in [2.75, 3.05) is 14.2 Å². The SMILES string of the molecule is COC(=O)C1=C(C(C)C)NC(=O)NC1c1ccc(OC(=O)c2cccc([N+](=O)[O-])c2)c(OC)c1. The Balaban J connectivity index is 1.97. The third-order valence-electron chi connectivity index (χ3n) is 5.10. The van der Waals surface area contributed by atoms with Gasteiger partial charge in [-0.1, -0.05) is 26.0 Å². The van der Waals surface area contributed by atoms with Gasteiger partial charge in [0, 0.05) is 17.8 Å². The molecule has 11 heteroatoms. The molecule has 0 aliphatic carbocycles. The van der Waals surface area contributed by atoms with E-state index in [1.165, 1.54) is 44.6 Å². The molecule has 2 N–H and O–H groups in total. The second kappa shape index (κ2) is 10.0. The molecule has 0 saturated carbocycles. The van der Waals surface area contributed by atoms with Crippen molar-refractivity contribution >= 4 is 23.7 Å². The molecule has 2 amide bonds. The number of amides is 2. The first-order chi connectivity index (χ1) is 16.2. The summed E-state index contributed by atoms with van der Waals surface area (Å²) in [7, 11) is 2.61. The maximum Gasteiger partial charge on any atom is 0.343 e. The van der Waals surface area contributed by atoms with Crippen LogP contribution in [0.15, 0.2) is 53.7 Å². The van der Waals surface area contributed by atoms with Crippen LogP contribution in [0, 0.1) is 16.0 Å². The summed E-state index contributed by atoms with van der Waals surface area (Å²) in [5, 5.41) is 16.3. The summed E-state index contributed by atoms with van der Waals surface area (Å²) in [6.07, 6.45) is 0. The van der Waals surface area contributed by atoms with Crippen LogP contribution in [0.4, 0.5) is 10.5 Å². The number of hydrogen-bond acceptors (Lipinski definition) is 8. The molecule has 3 rings (SSSR count). The van der Waals surface area contributed by atoms with Crippen LogP contribution in [0.5, 0.6) is 11.5 Å². The molecule has 0 spiro atoms. The zero-order chi connectivity index (χ0) is 25.0. The van der Waals surface area contributed by atoms with Crippen LogP contribution in [-0.2, 0) is 9.53 Å². The van der Waals surface area contributed by atoms with E-state index in [1.54, 1.807) is 6.07 Å². The van der Waals surface area contributed by atoms with Gasteiger partial charge in [-0.15, -0.1) is 0 Å². The lowest BCUT2D eigenvalue weighted by molar-refractivity contribution is -0.384. The Labute approximate surface area is 194 Å². The zero-order valence-electron chi connectivity index (χ0n) is 18.9. The fourth-order valence-electron chi connectivity index (χ4n) is 3.48. The van der Waals surface area contributed by atoms with Gasteiger partial charge in [0.15, 0.2) is 11.5 Å². The number of allylic oxidation sites excluding steroid dienone is 1. The number of esters is 2. The molecule has 0 saturated heterocycles. The summed E-state index contributed by atoms with van der Waals surface area (Å²) in [6, 6.07) is 8.34. The van der Waals surface area contributed by atoms with Crippen LogP contribution in [-0.4, -0.2) is 37.1 Å². The average molecular weight is 469 g/mol. The first kappa shape index (κ1) is 24.2. The number of nitrogens with zero attached hydrogens (tertiary/aromatic N) is 1. The lowest BCUT2D eigenvalue weighted by Crippen LogP contribution is -2.47. The number of urea groups is 1. The van der Waals surface area contributed by atoms with E-state index < -0.39 is 28.9 Å². The second-order valence-electron chi connectivity index (χ2n) is 7.61. The van der Waals surface area contributed by atoms with Crippen molar-refractivity contribution in [1.29, 1.82) is 0 Å². The predicted octanol–water partition coefficient (Wildman–Crippen LogP) is 3.26. The fourth-order valence-corrected chi connectivity index (χ4v) is 3.48. The molecule has 0 aromatic heterocycles. The van der Waals surface area contributed by atoms with Crippen molar-refractivity contribution in [2.45, 2.75) is 19.9 Å². The molecule has 1 unspecified atom stereocenters. The van der Waals surface area contributed by atoms with Crippen LogP contribution in [0.1, 0.15) is 35.8 Å². The van der Waals surface area contributed by atoms with E-state index >= 15 is 0 Å². The number of benzene rings is 2. The van der Waals surface area contributed by atoms with Gasteiger partial charge >= 0.3 is 18.0 Å². The molecular formula is C23H23N3O8. The number of carbonyl (C=O) groups is 3. The Hall–Kier alpha value is -4.41. The molecule has 1 atom stereocenters. The minimum atomic E-state index is -0.839.